The lowest BCUT2D eigenvalue weighted by atomic mass is 10.0. The van der Waals surface area contributed by atoms with Crippen molar-refractivity contribution in [2.24, 2.45) is 0 Å². The van der Waals surface area contributed by atoms with Gasteiger partial charge in [0.25, 0.3) is 5.56 Å². The molecule has 0 amide bonds. The van der Waals surface area contributed by atoms with Crippen LogP contribution in [0.25, 0.3) is 11.3 Å². The number of aromatic amines is 1. The maximum Gasteiger partial charge on any atom is 0.269 e. The topological polar surface area (TPSA) is 103 Å². The van der Waals surface area contributed by atoms with Gasteiger partial charge in [-0.15, -0.1) is 0 Å². The van der Waals surface area contributed by atoms with Gasteiger partial charge in [0.1, 0.15) is 17.4 Å². The quantitative estimate of drug-likeness (QED) is 0.864. The Bertz CT molecular complexity index is 765. The highest BCUT2D eigenvalue weighted by Gasteiger charge is 2.12. The van der Waals surface area contributed by atoms with E-state index in [9.17, 15) is 4.79 Å². The molecule has 0 radical (unpaired) electrons. The molecule has 1 aromatic heterocycles. The summed E-state index contributed by atoms with van der Waals surface area (Å²) in [4.78, 5) is 17.9. The Balaban J connectivity index is 2.73. The number of nitrogens with zero attached hydrogens (tertiary/aromatic N) is 3. The maximum absolute atomic E-state index is 11.5. The summed E-state index contributed by atoms with van der Waals surface area (Å²) in [5.41, 5.74) is 0.453. The molecule has 2 rings (SSSR count). The van der Waals surface area contributed by atoms with Gasteiger partial charge in [0, 0.05) is 5.56 Å². The normalized spacial score (nSPS) is 9.42. The van der Waals surface area contributed by atoms with Crippen LogP contribution in [0.2, 0.25) is 0 Å². The molecule has 0 bridgehead atoms. The van der Waals surface area contributed by atoms with Gasteiger partial charge in [0.05, 0.1) is 30.8 Å². The SMILES string of the molecule is COc1cc(C#N)cc(-c2nc[nH]c(=O)c2C#N)c1. The van der Waals surface area contributed by atoms with Gasteiger partial charge in [0.15, 0.2) is 0 Å². The van der Waals surface area contributed by atoms with Gasteiger partial charge in [-0.3, -0.25) is 4.79 Å². The molecule has 0 spiro atoms. The van der Waals surface area contributed by atoms with Crippen LogP contribution in [0.4, 0.5) is 0 Å². The number of H-pyrrole nitrogens is 1. The van der Waals surface area contributed by atoms with Gasteiger partial charge < -0.3 is 9.72 Å². The fourth-order valence-corrected chi connectivity index (χ4v) is 1.64. The molecule has 0 aliphatic heterocycles. The summed E-state index contributed by atoms with van der Waals surface area (Å²) >= 11 is 0. The van der Waals surface area contributed by atoms with E-state index in [-0.39, 0.29) is 11.3 Å². The van der Waals surface area contributed by atoms with Gasteiger partial charge in [0.2, 0.25) is 0 Å². The van der Waals surface area contributed by atoms with Crippen LogP contribution in [0.5, 0.6) is 5.75 Å². The summed E-state index contributed by atoms with van der Waals surface area (Å²) in [5.74, 6) is 0.458. The van der Waals surface area contributed by atoms with Crippen molar-refractivity contribution in [3.8, 4) is 29.1 Å². The van der Waals surface area contributed by atoms with Gasteiger partial charge >= 0.3 is 0 Å². The van der Waals surface area contributed by atoms with Crippen LogP contribution in [0.3, 0.4) is 0 Å². The maximum atomic E-state index is 11.5. The second-order valence-electron chi connectivity index (χ2n) is 3.63. The highest BCUT2D eigenvalue weighted by molar-refractivity contribution is 5.68. The predicted molar refractivity (Wildman–Crippen MR) is 66.3 cm³/mol. The average Bonchev–Trinajstić information content (AvgIpc) is 2.46. The van der Waals surface area contributed by atoms with Crippen LogP contribution in [-0.4, -0.2) is 17.1 Å². The third kappa shape index (κ3) is 2.28. The Hall–Kier alpha value is -3.12. The predicted octanol–water partition coefficient (Wildman–Crippen LogP) is 1.19. The Kier molecular flexibility index (Phi) is 3.26. The van der Waals surface area contributed by atoms with E-state index in [1.165, 1.54) is 13.4 Å². The minimum atomic E-state index is -0.520. The number of hydrogen-bond acceptors (Lipinski definition) is 5. The molecule has 2 aromatic rings. The van der Waals surface area contributed by atoms with Gasteiger partial charge in [-0.25, -0.2) is 4.98 Å². The van der Waals surface area contributed by atoms with Crippen LogP contribution < -0.4 is 10.3 Å². The van der Waals surface area contributed by atoms with Crippen LogP contribution >= 0.6 is 0 Å². The third-order valence-corrected chi connectivity index (χ3v) is 2.51. The molecule has 92 valence electrons. The molecule has 0 aliphatic carbocycles. The molecule has 1 heterocycles. The standard InChI is InChI=1S/C13H8N4O2/c1-19-10-3-8(5-14)2-9(4-10)12-11(6-15)13(18)17-7-16-12/h2-4,7H,1H3,(H,16,17,18). The number of hydrogen-bond donors (Lipinski definition) is 1. The van der Waals surface area contributed by atoms with E-state index < -0.39 is 5.56 Å². The summed E-state index contributed by atoms with van der Waals surface area (Å²) in [6.07, 6.45) is 1.21. The summed E-state index contributed by atoms with van der Waals surface area (Å²) in [7, 11) is 1.47. The number of rotatable bonds is 2. The van der Waals surface area contributed by atoms with Gasteiger partial charge in [-0.05, 0) is 18.2 Å². The summed E-state index contributed by atoms with van der Waals surface area (Å²) < 4.78 is 5.07. The highest BCUT2D eigenvalue weighted by Crippen LogP contribution is 2.25. The van der Waals surface area contributed by atoms with Crippen molar-refractivity contribution in [1.82, 2.24) is 9.97 Å². The van der Waals surface area contributed by atoms with Crippen LogP contribution in [0, 0.1) is 22.7 Å². The number of benzene rings is 1. The Morgan fingerprint density at radius 1 is 1.26 bits per heavy atom. The number of nitriles is 2. The Labute approximate surface area is 108 Å². The lowest BCUT2D eigenvalue weighted by Crippen LogP contribution is -2.12. The lowest BCUT2D eigenvalue weighted by molar-refractivity contribution is 0.415. The molecule has 0 saturated carbocycles. The van der Waals surface area contributed by atoms with E-state index in [0.29, 0.717) is 16.9 Å². The van der Waals surface area contributed by atoms with Crippen molar-refractivity contribution in [2.45, 2.75) is 0 Å². The van der Waals surface area contributed by atoms with Gasteiger partial charge in [-0.2, -0.15) is 10.5 Å². The third-order valence-electron chi connectivity index (χ3n) is 2.51. The molecule has 6 heteroatoms. The number of aromatic nitrogens is 2. The van der Waals surface area contributed by atoms with Crippen molar-refractivity contribution in [2.75, 3.05) is 7.11 Å². The van der Waals surface area contributed by atoms with Crippen molar-refractivity contribution >= 4 is 0 Å². The zero-order chi connectivity index (χ0) is 13.8. The molecule has 1 N–H and O–H groups in total. The number of nitrogens with one attached hydrogen (secondary N) is 1. The summed E-state index contributed by atoms with van der Waals surface area (Å²) in [5, 5.41) is 18.0. The van der Waals surface area contributed by atoms with Crippen LogP contribution in [-0.2, 0) is 0 Å². The number of methoxy groups -OCH3 is 1. The molecule has 0 unspecified atom stereocenters. The van der Waals surface area contributed by atoms with Crippen molar-refractivity contribution in [3.05, 3.63) is 46.0 Å². The van der Waals surface area contributed by atoms with E-state index in [2.05, 4.69) is 9.97 Å². The van der Waals surface area contributed by atoms with Crippen molar-refractivity contribution in [3.63, 3.8) is 0 Å². The van der Waals surface area contributed by atoms with E-state index in [1.54, 1.807) is 18.2 Å². The molecule has 0 atom stereocenters. The van der Waals surface area contributed by atoms with Crippen LogP contribution in [0.15, 0.2) is 29.3 Å². The average molecular weight is 252 g/mol. The summed E-state index contributed by atoms with van der Waals surface area (Å²) in [6.45, 7) is 0. The van der Waals surface area contributed by atoms with Crippen LogP contribution in [0.1, 0.15) is 11.1 Å². The Morgan fingerprint density at radius 2 is 2.05 bits per heavy atom. The first-order chi connectivity index (χ1) is 9.19. The first-order valence-electron chi connectivity index (χ1n) is 5.27. The molecule has 1 aromatic carbocycles. The zero-order valence-corrected chi connectivity index (χ0v) is 9.97. The van der Waals surface area contributed by atoms with Gasteiger partial charge in [-0.1, -0.05) is 0 Å². The molecule has 0 aliphatic rings. The molecule has 6 nitrogen and oxygen atoms in total. The first kappa shape index (κ1) is 12.3. The fourth-order valence-electron chi connectivity index (χ4n) is 1.64. The minimum Gasteiger partial charge on any atom is -0.497 e. The van der Waals surface area contributed by atoms with E-state index in [4.69, 9.17) is 15.3 Å². The Morgan fingerprint density at radius 3 is 2.68 bits per heavy atom. The van der Waals surface area contributed by atoms with E-state index in [0.717, 1.165) is 0 Å². The second kappa shape index (κ2) is 5.03. The smallest absolute Gasteiger partial charge is 0.269 e. The second-order valence-corrected chi connectivity index (χ2v) is 3.63. The number of ether oxygens (including phenoxy) is 1. The summed E-state index contributed by atoms with van der Waals surface area (Å²) in [6, 6.07) is 8.51. The zero-order valence-electron chi connectivity index (χ0n) is 9.97. The van der Waals surface area contributed by atoms with E-state index >= 15 is 0 Å². The first-order valence-corrected chi connectivity index (χ1v) is 5.27. The largest absolute Gasteiger partial charge is 0.497 e. The van der Waals surface area contributed by atoms with Crippen molar-refractivity contribution < 1.29 is 4.74 Å². The molecule has 19 heavy (non-hydrogen) atoms. The molecular formula is C13H8N4O2. The minimum absolute atomic E-state index is 0.0976. The fraction of sp³-hybridized carbons (Fsp3) is 0.0769. The molecule has 0 saturated heterocycles. The van der Waals surface area contributed by atoms with E-state index in [1.807, 2.05) is 12.1 Å². The molecular weight excluding hydrogens is 244 g/mol. The molecule has 0 fully saturated rings. The monoisotopic (exact) mass is 252 g/mol. The lowest BCUT2D eigenvalue weighted by Gasteiger charge is -2.06. The highest BCUT2D eigenvalue weighted by atomic mass is 16.5. The van der Waals surface area contributed by atoms with Crippen molar-refractivity contribution in [1.29, 1.82) is 10.5 Å².